The van der Waals surface area contributed by atoms with Crippen LogP contribution in [0.2, 0.25) is 0 Å². The third kappa shape index (κ3) is 1.03. The summed E-state index contributed by atoms with van der Waals surface area (Å²) >= 11 is 0. The van der Waals surface area contributed by atoms with Gasteiger partial charge < -0.3 is 5.43 Å². The summed E-state index contributed by atoms with van der Waals surface area (Å²) < 4.78 is 0. The first-order valence-electron chi connectivity index (χ1n) is 4.16. The Bertz CT molecular complexity index is 151. The molecule has 0 amide bonds. The van der Waals surface area contributed by atoms with Crippen LogP contribution < -0.4 is 10.9 Å². The molecule has 2 aliphatic rings. The van der Waals surface area contributed by atoms with Crippen molar-refractivity contribution < 1.29 is 0 Å². The minimum atomic E-state index is 0.843. The van der Waals surface area contributed by atoms with Gasteiger partial charge in [-0.2, -0.15) is 0 Å². The van der Waals surface area contributed by atoms with E-state index >= 15 is 0 Å². The molecule has 2 heteroatoms. The van der Waals surface area contributed by atoms with Crippen LogP contribution in [0.5, 0.6) is 0 Å². The van der Waals surface area contributed by atoms with Crippen LogP contribution in [0, 0.1) is 5.92 Å². The maximum absolute atomic E-state index is 3.23. The lowest BCUT2D eigenvalue weighted by molar-refractivity contribution is 0.360. The number of fused-ring (bicyclic) bond motifs is 1. The zero-order valence-electron chi connectivity index (χ0n) is 6.19. The van der Waals surface area contributed by atoms with Gasteiger partial charge in [0, 0.05) is 18.2 Å². The lowest BCUT2D eigenvalue weighted by Gasteiger charge is -2.30. The van der Waals surface area contributed by atoms with Gasteiger partial charge in [0.1, 0.15) is 0 Å². The van der Waals surface area contributed by atoms with Crippen LogP contribution in [0.25, 0.3) is 0 Å². The molecule has 2 N–H and O–H groups in total. The molecule has 0 aromatic rings. The monoisotopic (exact) mass is 138 g/mol. The van der Waals surface area contributed by atoms with E-state index in [1.165, 1.54) is 31.4 Å². The lowest BCUT2D eigenvalue weighted by atomic mass is 9.89. The summed E-state index contributed by atoms with van der Waals surface area (Å²) in [5, 5.41) is 0. The second-order valence-electron chi connectivity index (χ2n) is 3.13. The molecule has 10 heavy (non-hydrogen) atoms. The van der Waals surface area contributed by atoms with Crippen molar-refractivity contribution in [2.24, 2.45) is 5.92 Å². The molecular formula is C8H14N2. The van der Waals surface area contributed by atoms with Gasteiger partial charge in [-0.3, -0.25) is 0 Å². The number of allylic oxidation sites excluding steroid dienone is 2. The third-order valence-electron chi connectivity index (χ3n) is 2.41. The Hall–Kier alpha value is -0.500. The molecule has 0 spiro atoms. The van der Waals surface area contributed by atoms with Crippen molar-refractivity contribution in [1.82, 2.24) is 10.9 Å². The van der Waals surface area contributed by atoms with Crippen LogP contribution in [0.3, 0.4) is 0 Å². The van der Waals surface area contributed by atoms with E-state index in [0.29, 0.717) is 0 Å². The Morgan fingerprint density at radius 1 is 1.40 bits per heavy atom. The van der Waals surface area contributed by atoms with Crippen LogP contribution >= 0.6 is 0 Å². The van der Waals surface area contributed by atoms with Crippen molar-refractivity contribution in [2.75, 3.05) is 6.54 Å². The fraction of sp³-hybridized carbons (Fsp3) is 0.750. The summed E-state index contributed by atoms with van der Waals surface area (Å²) in [7, 11) is 0. The van der Waals surface area contributed by atoms with Gasteiger partial charge >= 0.3 is 0 Å². The van der Waals surface area contributed by atoms with Gasteiger partial charge in [-0.1, -0.05) is 6.08 Å². The highest BCUT2D eigenvalue weighted by Crippen LogP contribution is 2.26. The summed E-state index contributed by atoms with van der Waals surface area (Å²) in [6.45, 7) is 1.13. The minimum Gasteiger partial charge on any atom is -0.326 e. The fourth-order valence-corrected chi connectivity index (χ4v) is 1.81. The number of hydrogen-bond donors (Lipinski definition) is 2. The largest absolute Gasteiger partial charge is 0.326 e. The van der Waals surface area contributed by atoms with Gasteiger partial charge in [0.15, 0.2) is 0 Å². The normalized spacial score (nSPS) is 32.0. The van der Waals surface area contributed by atoms with Crippen molar-refractivity contribution in [3.63, 3.8) is 0 Å². The predicted octanol–water partition coefficient (Wildman–Crippen LogP) is 1.17. The van der Waals surface area contributed by atoms with Gasteiger partial charge in [-0.25, -0.2) is 5.43 Å². The molecule has 2 nitrogen and oxygen atoms in total. The van der Waals surface area contributed by atoms with E-state index in [1.807, 2.05) is 0 Å². The molecule has 0 saturated carbocycles. The Morgan fingerprint density at radius 2 is 2.40 bits per heavy atom. The lowest BCUT2D eigenvalue weighted by Crippen LogP contribution is -2.41. The molecule has 1 fully saturated rings. The van der Waals surface area contributed by atoms with Crippen LogP contribution in [0.4, 0.5) is 0 Å². The van der Waals surface area contributed by atoms with Gasteiger partial charge in [0.05, 0.1) is 0 Å². The molecule has 56 valence electrons. The smallest absolute Gasteiger partial charge is 0.0253 e. The maximum atomic E-state index is 3.23. The zero-order valence-corrected chi connectivity index (χ0v) is 6.19. The van der Waals surface area contributed by atoms with Crippen LogP contribution in [-0.2, 0) is 0 Å². The highest BCUT2D eigenvalue weighted by Gasteiger charge is 2.19. The third-order valence-corrected chi connectivity index (χ3v) is 2.41. The Morgan fingerprint density at radius 3 is 3.30 bits per heavy atom. The summed E-state index contributed by atoms with van der Waals surface area (Å²) in [6, 6.07) is 0. The minimum absolute atomic E-state index is 0.843. The quantitative estimate of drug-likeness (QED) is 0.525. The van der Waals surface area contributed by atoms with Crippen LogP contribution in [0.1, 0.15) is 25.7 Å². The standard InChI is InChI=1S/C8H14N2/c1-2-4-8-7(3-1)5-6-9-10-8/h4,7,9-10H,1-3,5-6H2. The first-order valence-corrected chi connectivity index (χ1v) is 4.16. The number of rotatable bonds is 0. The topological polar surface area (TPSA) is 24.1 Å². The second kappa shape index (κ2) is 2.62. The molecule has 0 aromatic heterocycles. The Balaban J connectivity index is 2.08. The Kier molecular flexibility index (Phi) is 1.63. The Labute approximate surface area is 61.7 Å². The highest BCUT2D eigenvalue weighted by molar-refractivity contribution is 5.08. The molecule has 1 heterocycles. The molecule has 1 atom stereocenters. The summed E-state index contributed by atoms with van der Waals surface area (Å²) in [5.41, 5.74) is 7.84. The second-order valence-corrected chi connectivity index (χ2v) is 3.13. The van der Waals surface area contributed by atoms with Crippen molar-refractivity contribution in [3.8, 4) is 0 Å². The summed E-state index contributed by atoms with van der Waals surface area (Å²) in [4.78, 5) is 0. The van der Waals surface area contributed by atoms with Crippen molar-refractivity contribution in [2.45, 2.75) is 25.7 Å². The van der Waals surface area contributed by atoms with Crippen LogP contribution in [0.15, 0.2) is 11.8 Å². The van der Waals surface area contributed by atoms with E-state index in [1.54, 1.807) is 0 Å². The first-order chi connectivity index (χ1) is 4.97. The van der Waals surface area contributed by atoms with Gasteiger partial charge in [-0.15, -0.1) is 0 Å². The van der Waals surface area contributed by atoms with E-state index in [0.717, 1.165) is 12.5 Å². The predicted molar refractivity (Wildman–Crippen MR) is 41.2 cm³/mol. The van der Waals surface area contributed by atoms with Crippen molar-refractivity contribution in [1.29, 1.82) is 0 Å². The molecule has 0 bridgehead atoms. The van der Waals surface area contributed by atoms with Crippen molar-refractivity contribution >= 4 is 0 Å². The van der Waals surface area contributed by atoms with Gasteiger partial charge in [0.25, 0.3) is 0 Å². The van der Waals surface area contributed by atoms with E-state index < -0.39 is 0 Å². The first kappa shape index (κ1) is 6.23. The molecule has 1 unspecified atom stereocenters. The van der Waals surface area contributed by atoms with E-state index in [9.17, 15) is 0 Å². The number of nitrogens with one attached hydrogen (secondary N) is 2. The molecular weight excluding hydrogens is 124 g/mol. The molecule has 1 aliphatic carbocycles. The number of hydrazine groups is 1. The molecule has 2 rings (SSSR count). The van der Waals surface area contributed by atoms with Gasteiger partial charge in [-0.05, 0) is 25.7 Å². The summed E-state index contributed by atoms with van der Waals surface area (Å²) in [6.07, 6.45) is 7.69. The molecule has 1 aliphatic heterocycles. The van der Waals surface area contributed by atoms with Crippen molar-refractivity contribution in [3.05, 3.63) is 11.8 Å². The zero-order chi connectivity index (χ0) is 6.81. The fourth-order valence-electron chi connectivity index (χ4n) is 1.81. The molecule has 1 saturated heterocycles. The highest BCUT2D eigenvalue weighted by atomic mass is 15.4. The summed E-state index contributed by atoms with van der Waals surface area (Å²) in [5.74, 6) is 0.843. The number of hydrogen-bond acceptors (Lipinski definition) is 2. The van der Waals surface area contributed by atoms with E-state index in [-0.39, 0.29) is 0 Å². The molecule has 0 aromatic carbocycles. The maximum Gasteiger partial charge on any atom is 0.0253 e. The van der Waals surface area contributed by atoms with E-state index in [4.69, 9.17) is 0 Å². The molecule has 0 radical (unpaired) electrons. The van der Waals surface area contributed by atoms with Gasteiger partial charge in [0.2, 0.25) is 0 Å². The average Bonchev–Trinajstić information content (AvgIpc) is 2.05. The van der Waals surface area contributed by atoms with Crippen LogP contribution in [-0.4, -0.2) is 6.54 Å². The average molecular weight is 138 g/mol. The van der Waals surface area contributed by atoms with E-state index in [2.05, 4.69) is 16.9 Å². The SMILES string of the molecule is C1=C2NNCCC2CCC1.